The van der Waals surface area contributed by atoms with Crippen molar-refractivity contribution < 1.29 is 9.15 Å². The van der Waals surface area contributed by atoms with Crippen molar-refractivity contribution in [2.45, 2.75) is 19.6 Å². The molecular formula is C15H18BrNO2. The average Bonchev–Trinajstić information content (AvgIpc) is 2.82. The molecule has 0 fully saturated rings. The van der Waals surface area contributed by atoms with E-state index in [4.69, 9.17) is 9.15 Å². The number of benzene rings is 1. The van der Waals surface area contributed by atoms with Crippen molar-refractivity contribution in [3.05, 3.63) is 57.5 Å². The zero-order valence-electron chi connectivity index (χ0n) is 11.4. The molecule has 3 nitrogen and oxygen atoms in total. The summed E-state index contributed by atoms with van der Waals surface area (Å²) in [6, 6.07) is 10.3. The fourth-order valence-corrected chi connectivity index (χ4v) is 2.81. The smallest absolute Gasteiger partial charge is 0.129 e. The SMILES string of the molecule is CNC(c1ccc(COC)o1)c1ccc(C)cc1Br. The molecule has 1 heterocycles. The van der Waals surface area contributed by atoms with Gasteiger partial charge in [0, 0.05) is 11.6 Å². The maximum absolute atomic E-state index is 5.81. The van der Waals surface area contributed by atoms with E-state index >= 15 is 0 Å². The minimum absolute atomic E-state index is 0.0283. The average molecular weight is 324 g/mol. The van der Waals surface area contributed by atoms with E-state index in [9.17, 15) is 0 Å². The molecule has 1 unspecified atom stereocenters. The summed E-state index contributed by atoms with van der Waals surface area (Å²) in [5.74, 6) is 1.72. The highest BCUT2D eigenvalue weighted by Gasteiger charge is 2.18. The van der Waals surface area contributed by atoms with Crippen LogP contribution < -0.4 is 5.32 Å². The first kappa shape index (κ1) is 14.3. The van der Waals surface area contributed by atoms with Crippen molar-refractivity contribution in [2.75, 3.05) is 14.2 Å². The van der Waals surface area contributed by atoms with Gasteiger partial charge in [-0.3, -0.25) is 0 Å². The van der Waals surface area contributed by atoms with Gasteiger partial charge in [-0.15, -0.1) is 0 Å². The van der Waals surface area contributed by atoms with Crippen LogP contribution in [-0.4, -0.2) is 14.2 Å². The van der Waals surface area contributed by atoms with Gasteiger partial charge in [0.15, 0.2) is 0 Å². The number of furan rings is 1. The van der Waals surface area contributed by atoms with Gasteiger partial charge in [0.1, 0.15) is 18.1 Å². The molecule has 1 atom stereocenters. The molecule has 19 heavy (non-hydrogen) atoms. The third-order valence-electron chi connectivity index (χ3n) is 3.01. The minimum atomic E-state index is 0.0283. The van der Waals surface area contributed by atoms with Gasteiger partial charge in [0.05, 0.1) is 6.04 Å². The minimum Gasteiger partial charge on any atom is -0.462 e. The number of aryl methyl sites for hydroxylation is 1. The zero-order valence-corrected chi connectivity index (χ0v) is 13.0. The maximum Gasteiger partial charge on any atom is 0.129 e. The van der Waals surface area contributed by atoms with E-state index in [2.05, 4.69) is 46.4 Å². The van der Waals surface area contributed by atoms with Crippen LogP contribution in [0.1, 0.15) is 28.7 Å². The van der Waals surface area contributed by atoms with E-state index in [1.807, 2.05) is 19.2 Å². The first-order chi connectivity index (χ1) is 9.15. The molecular weight excluding hydrogens is 306 g/mol. The Hall–Kier alpha value is -1.10. The van der Waals surface area contributed by atoms with E-state index in [0.717, 1.165) is 21.6 Å². The van der Waals surface area contributed by atoms with Crippen LogP contribution in [0.15, 0.2) is 39.2 Å². The van der Waals surface area contributed by atoms with Crippen molar-refractivity contribution in [2.24, 2.45) is 0 Å². The molecule has 2 rings (SSSR count). The van der Waals surface area contributed by atoms with Crippen molar-refractivity contribution in [1.82, 2.24) is 5.32 Å². The van der Waals surface area contributed by atoms with Gasteiger partial charge in [-0.25, -0.2) is 0 Å². The lowest BCUT2D eigenvalue weighted by Gasteiger charge is -2.16. The van der Waals surface area contributed by atoms with Crippen LogP contribution in [-0.2, 0) is 11.3 Å². The third-order valence-corrected chi connectivity index (χ3v) is 3.70. The molecule has 1 aromatic heterocycles. The fraction of sp³-hybridized carbons (Fsp3) is 0.333. The number of methoxy groups -OCH3 is 1. The summed E-state index contributed by atoms with van der Waals surface area (Å²) < 4.78 is 12.0. The van der Waals surface area contributed by atoms with E-state index in [1.165, 1.54) is 5.56 Å². The molecule has 0 radical (unpaired) electrons. The summed E-state index contributed by atoms with van der Waals surface area (Å²) in [7, 11) is 3.59. The lowest BCUT2D eigenvalue weighted by atomic mass is 10.0. The first-order valence-electron chi connectivity index (χ1n) is 6.16. The lowest BCUT2D eigenvalue weighted by Crippen LogP contribution is -2.17. The normalized spacial score (nSPS) is 12.6. The fourth-order valence-electron chi connectivity index (χ4n) is 2.09. The summed E-state index contributed by atoms with van der Waals surface area (Å²) in [5.41, 5.74) is 2.39. The number of rotatable bonds is 5. The molecule has 0 spiro atoms. The Bertz CT molecular complexity index is 551. The molecule has 2 aromatic rings. The Kier molecular flexibility index (Phi) is 4.80. The summed E-state index contributed by atoms with van der Waals surface area (Å²) >= 11 is 3.62. The van der Waals surface area contributed by atoms with Gasteiger partial charge < -0.3 is 14.5 Å². The number of hydrogen-bond donors (Lipinski definition) is 1. The molecule has 0 saturated carbocycles. The van der Waals surface area contributed by atoms with Crippen molar-refractivity contribution in [3.8, 4) is 0 Å². The summed E-state index contributed by atoms with van der Waals surface area (Å²) in [6.07, 6.45) is 0. The Morgan fingerprint density at radius 1 is 1.32 bits per heavy atom. The molecule has 1 aromatic carbocycles. The van der Waals surface area contributed by atoms with E-state index in [0.29, 0.717) is 6.61 Å². The third kappa shape index (κ3) is 3.26. The largest absolute Gasteiger partial charge is 0.462 e. The van der Waals surface area contributed by atoms with Crippen molar-refractivity contribution in [1.29, 1.82) is 0 Å². The number of halogens is 1. The zero-order chi connectivity index (χ0) is 13.8. The summed E-state index contributed by atoms with van der Waals surface area (Å²) in [5, 5.41) is 3.29. The van der Waals surface area contributed by atoms with Gasteiger partial charge in [-0.2, -0.15) is 0 Å². The molecule has 0 amide bonds. The number of nitrogens with one attached hydrogen (secondary N) is 1. The molecule has 0 aliphatic heterocycles. The van der Waals surface area contributed by atoms with Gasteiger partial charge in [0.2, 0.25) is 0 Å². The summed E-state index contributed by atoms with van der Waals surface area (Å²) in [4.78, 5) is 0. The van der Waals surface area contributed by atoms with E-state index in [-0.39, 0.29) is 6.04 Å². The van der Waals surface area contributed by atoms with Crippen LogP contribution in [0.4, 0.5) is 0 Å². The van der Waals surface area contributed by atoms with Crippen LogP contribution in [0.25, 0.3) is 0 Å². The van der Waals surface area contributed by atoms with Crippen LogP contribution in [0.2, 0.25) is 0 Å². The maximum atomic E-state index is 5.81. The number of ether oxygens (including phenoxy) is 1. The van der Waals surface area contributed by atoms with Crippen molar-refractivity contribution in [3.63, 3.8) is 0 Å². The standard InChI is InChI=1S/C15H18BrNO2/c1-10-4-6-12(13(16)8-10)15(17-2)14-7-5-11(19-14)9-18-3/h4-8,15,17H,9H2,1-3H3. The Morgan fingerprint density at radius 2 is 2.11 bits per heavy atom. The highest BCUT2D eigenvalue weighted by atomic mass is 79.9. The van der Waals surface area contributed by atoms with Gasteiger partial charge >= 0.3 is 0 Å². The highest BCUT2D eigenvalue weighted by molar-refractivity contribution is 9.10. The second kappa shape index (κ2) is 6.37. The van der Waals surface area contributed by atoms with Crippen LogP contribution in [0.3, 0.4) is 0 Å². The highest BCUT2D eigenvalue weighted by Crippen LogP contribution is 2.30. The first-order valence-corrected chi connectivity index (χ1v) is 6.96. The topological polar surface area (TPSA) is 34.4 Å². The second-order valence-electron chi connectivity index (χ2n) is 4.48. The second-order valence-corrected chi connectivity index (χ2v) is 5.34. The molecule has 102 valence electrons. The molecule has 0 bridgehead atoms. The predicted octanol–water partition coefficient (Wildman–Crippen LogP) is 3.81. The van der Waals surface area contributed by atoms with Gasteiger partial charge in [0.25, 0.3) is 0 Å². The monoisotopic (exact) mass is 323 g/mol. The molecule has 0 saturated heterocycles. The van der Waals surface area contributed by atoms with Crippen molar-refractivity contribution >= 4 is 15.9 Å². The van der Waals surface area contributed by atoms with Crippen LogP contribution in [0.5, 0.6) is 0 Å². The van der Waals surface area contributed by atoms with Crippen LogP contribution in [0, 0.1) is 6.92 Å². The van der Waals surface area contributed by atoms with E-state index < -0.39 is 0 Å². The summed E-state index contributed by atoms with van der Waals surface area (Å²) in [6.45, 7) is 2.57. The van der Waals surface area contributed by atoms with Gasteiger partial charge in [-0.05, 0) is 43.3 Å². The molecule has 4 heteroatoms. The lowest BCUT2D eigenvalue weighted by molar-refractivity contribution is 0.162. The molecule has 1 N–H and O–H groups in total. The Labute approximate surface area is 122 Å². The quantitative estimate of drug-likeness (QED) is 0.908. The predicted molar refractivity (Wildman–Crippen MR) is 79.2 cm³/mol. The number of hydrogen-bond acceptors (Lipinski definition) is 3. The molecule has 0 aliphatic rings. The van der Waals surface area contributed by atoms with Gasteiger partial charge in [-0.1, -0.05) is 28.1 Å². The molecule has 0 aliphatic carbocycles. The van der Waals surface area contributed by atoms with Crippen LogP contribution >= 0.6 is 15.9 Å². The Balaban J connectivity index is 2.32. The van der Waals surface area contributed by atoms with E-state index in [1.54, 1.807) is 7.11 Å². The Morgan fingerprint density at radius 3 is 2.74 bits per heavy atom.